The number of hydrogen-bond donors (Lipinski definition) is 2. The molecule has 1 saturated heterocycles. The van der Waals surface area contributed by atoms with Gasteiger partial charge in [0.2, 0.25) is 0 Å². The fraction of sp³-hybridized carbons (Fsp3) is 0.385. The zero-order valence-electron chi connectivity index (χ0n) is 21.5. The molecule has 1 aromatic carbocycles. The van der Waals surface area contributed by atoms with Gasteiger partial charge in [-0.05, 0) is 19.9 Å². The molecule has 1 aromatic heterocycles. The summed E-state index contributed by atoms with van der Waals surface area (Å²) in [6.07, 6.45) is 3.38. The number of nitrogens with one attached hydrogen (secondary N) is 2. The van der Waals surface area contributed by atoms with E-state index in [1.807, 2.05) is 0 Å². The summed E-state index contributed by atoms with van der Waals surface area (Å²) in [6.45, 7) is 6.00. The van der Waals surface area contributed by atoms with Gasteiger partial charge in [-0.15, -0.1) is 0 Å². The summed E-state index contributed by atoms with van der Waals surface area (Å²) >= 11 is 0. The van der Waals surface area contributed by atoms with Crippen molar-refractivity contribution in [3.63, 3.8) is 0 Å². The molecule has 0 spiro atoms. The van der Waals surface area contributed by atoms with Crippen molar-refractivity contribution < 1.29 is 24.0 Å². The van der Waals surface area contributed by atoms with Crippen molar-refractivity contribution in [3.8, 4) is 0 Å². The molecule has 0 bridgehead atoms. The first-order chi connectivity index (χ1) is 18.3. The number of dihydropyridines is 1. The Morgan fingerprint density at radius 3 is 2.47 bits per heavy atom. The summed E-state index contributed by atoms with van der Waals surface area (Å²) in [5, 5.41) is 18.2. The Bertz CT molecular complexity index is 1280. The predicted octanol–water partition coefficient (Wildman–Crippen LogP) is 1.98. The molecule has 0 amide bonds. The van der Waals surface area contributed by atoms with E-state index >= 15 is 0 Å². The number of methoxy groups -OCH3 is 1. The van der Waals surface area contributed by atoms with Gasteiger partial charge in [-0.2, -0.15) is 0 Å². The molecule has 12 nitrogen and oxygen atoms in total. The van der Waals surface area contributed by atoms with Gasteiger partial charge in [-0.1, -0.05) is 18.2 Å². The lowest BCUT2D eigenvalue weighted by molar-refractivity contribution is -0.385. The molecule has 4 rings (SSSR count). The fourth-order valence-electron chi connectivity index (χ4n) is 4.94. The summed E-state index contributed by atoms with van der Waals surface area (Å²) in [4.78, 5) is 48.5. The molecule has 2 aromatic rings. The first kappa shape index (κ1) is 26.9. The maximum atomic E-state index is 13.5. The topological polar surface area (TPSA) is 149 Å². The smallest absolute Gasteiger partial charge is 0.336 e. The molecule has 2 aliphatic heterocycles. The van der Waals surface area contributed by atoms with E-state index in [1.54, 1.807) is 38.4 Å². The van der Waals surface area contributed by atoms with Crippen LogP contribution in [0.15, 0.2) is 65.3 Å². The number of esters is 2. The monoisotopic (exact) mass is 522 g/mol. The van der Waals surface area contributed by atoms with Crippen LogP contribution in [0.2, 0.25) is 0 Å². The van der Waals surface area contributed by atoms with Crippen molar-refractivity contribution in [2.24, 2.45) is 0 Å². The van der Waals surface area contributed by atoms with Crippen LogP contribution < -0.4 is 10.6 Å². The van der Waals surface area contributed by atoms with E-state index < -0.39 is 22.8 Å². The number of benzene rings is 1. The standard InChI is InChI=1S/C26H30N6O6/c1-16-21(25(33)37-3)23(18-7-4-5-8-19(18)32(35)36)22(17(2)30-16)26(34)38-14-13-31-12-11-27-15-20(31)24-28-9-6-10-29-24/h4-10,20,23,27,30H,11-15H2,1-3H3. The van der Waals surface area contributed by atoms with E-state index in [9.17, 15) is 19.7 Å². The van der Waals surface area contributed by atoms with Gasteiger partial charge in [-0.3, -0.25) is 15.0 Å². The minimum atomic E-state index is -1.04. The molecule has 0 radical (unpaired) electrons. The highest BCUT2D eigenvalue weighted by molar-refractivity contribution is 6.00. The number of para-hydroxylation sites is 1. The summed E-state index contributed by atoms with van der Waals surface area (Å²) in [6, 6.07) is 7.73. The lowest BCUT2D eigenvalue weighted by Gasteiger charge is -2.35. The lowest BCUT2D eigenvalue weighted by Crippen LogP contribution is -2.47. The van der Waals surface area contributed by atoms with Crippen LogP contribution in [0.1, 0.15) is 37.2 Å². The highest BCUT2D eigenvalue weighted by atomic mass is 16.6. The van der Waals surface area contributed by atoms with Gasteiger partial charge >= 0.3 is 11.9 Å². The van der Waals surface area contributed by atoms with Crippen molar-refractivity contribution in [2.75, 3.05) is 39.9 Å². The molecule has 0 saturated carbocycles. The number of rotatable bonds is 8. The molecule has 1 fully saturated rings. The first-order valence-electron chi connectivity index (χ1n) is 12.2. The molecule has 38 heavy (non-hydrogen) atoms. The molecule has 2 atom stereocenters. The molecule has 2 aliphatic rings. The zero-order chi connectivity index (χ0) is 27.2. The van der Waals surface area contributed by atoms with Gasteiger partial charge in [-0.25, -0.2) is 19.6 Å². The Balaban J connectivity index is 1.59. The normalized spacial score (nSPS) is 20.1. The fourth-order valence-corrected chi connectivity index (χ4v) is 4.94. The number of hydrogen-bond acceptors (Lipinski definition) is 11. The van der Waals surface area contributed by atoms with Crippen LogP contribution in [0.3, 0.4) is 0 Å². The zero-order valence-corrected chi connectivity index (χ0v) is 21.5. The molecule has 0 aliphatic carbocycles. The van der Waals surface area contributed by atoms with Gasteiger partial charge in [0.25, 0.3) is 5.69 Å². The number of nitro groups is 1. The number of nitro benzene ring substituents is 1. The maximum absolute atomic E-state index is 13.5. The van der Waals surface area contributed by atoms with Crippen LogP contribution in [-0.4, -0.2) is 71.6 Å². The number of nitrogens with zero attached hydrogens (tertiary/aromatic N) is 4. The first-order valence-corrected chi connectivity index (χ1v) is 12.2. The van der Waals surface area contributed by atoms with Gasteiger partial charge in [0, 0.05) is 61.6 Å². The molecule has 2 unspecified atom stereocenters. The van der Waals surface area contributed by atoms with Crippen LogP contribution in [-0.2, 0) is 19.1 Å². The van der Waals surface area contributed by atoms with E-state index in [-0.39, 0.29) is 35.0 Å². The average Bonchev–Trinajstić information content (AvgIpc) is 2.93. The number of allylic oxidation sites excluding steroid dienone is 2. The van der Waals surface area contributed by atoms with Gasteiger partial charge in [0.05, 0.1) is 35.1 Å². The van der Waals surface area contributed by atoms with Crippen LogP contribution in [0.25, 0.3) is 0 Å². The Morgan fingerprint density at radius 1 is 1.11 bits per heavy atom. The highest BCUT2D eigenvalue weighted by Gasteiger charge is 2.40. The molecule has 12 heteroatoms. The van der Waals surface area contributed by atoms with Gasteiger partial charge < -0.3 is 20.1 Å². The van der Waals surface area contributed by atoms with Crippen LogP contribution in [0.4, 0.5) is 5.69 Å². The Labute approximate surface area is 219 Å². The lowest BCUT2D eigenvalue weighted by atomic mass is 9.79. The maximum Gasteiger partial charge on any atom is 0.336 e. The van der Waals surface area contributed by atoms with E-state index in [4.69, 9.17) is 9.47 Å². The molecular weight excluding hydrogens is 492 g/mol. The number of aromatic nitrogens is 2. The number of piperazine rings is 1. The molecule has 200 valence electrons. The summed E-state index contributed by atoms with van der Waals surface area (Å²) in [5.74, 6) is -1.72. The van der Waals surface area contributed by atoms with Gasteiger partial charge in [0.15, 0.2) is 0 Å². The van der Waals surface area contributed by atoms with E-state index in [0.29, 0.717) is 30.3 Å². The second-order valence-electron chi connectivity index (χ2n) is 8.94. The highest BCUT2D eigenvalue weighted by Crippen LogP contribution is 2.42. The van der Waals surface area contributed by atoms with Crippen LogP contribution in [0.5, 0.6) is 0 Å². The molecule has 2 N–H and O–H groups in total. The van der Waals surface area contributed by atoms with E-state index in [1.165, 1.54) is 25.3 Å². The second kappa shape index (κ2) is 11.9. The Kier molecular flexibility index (Phi) is 8.44. The minimum Gasteiger partial charge on any atom is -0.466 e. The van der Waals surface area contributed by atoms with Gasteiger partial charge in [0.1, 0.15) is 12.4 Å². The summed E-state index contributed by atoms with van der Waals surface area (Å²) < 4.78 is 10.7. The van der Waals surface area contributed by atoms with Crippen molar-refractivity contribution in [1.82, 2.24) is 25.5 Å². The van der Waals surface area contributed by atoms with Crippen molar-refractivity contribution >= 4 is 17.6 Å². The number of carbonyl (C=O) groups excluding carboxylic acids is 2. The SMILES string of the molecule is COC(=O)C1=C(C)NC(C)=C(C(=O)OCCN2CCNCC2c2ncccn2)C1c1ccccc1[N+](=O)[O-]. The molecule has 3 heterocycles. The Hall–Kier alpha value is -4.16. The average molecular weight is 523 g/mol. The van der Waals surface area contributed by atoms with Crippen molar-refractivity contribution in [1.29, 1.82) is 0 Å². The third kappa shape index (κ3) is 5.55. The largest absolute Gasteiger partial charge is 0.466 e. The van der Waals surface area contributed by atoms with Crippen molar-refractivity contribution in [3.05, 3.63) is 86.8 Å². The van der Waals surface area contributed by atoms with E-state index in [0.717, 1.165) is 13.1 Å². The predicted molar refractivity (Wildman–Crippen MR) is 137 cm³/mol. The summed E-state index contributed by atoms with van der Waals surface area (Å²) in [7, 11) is 1.22. The Morgan fingerprint density at radius 2 is 1.79 bits per heavy atom. The molecular formula is C26H30N6O6. The number of ether oxygens (including phenoxy) is 2. The van der Waals surface area contributed by atoms with Crippen molar-refractivity contribution in [2.45, 2.75) is 25.8 Å². The summed E-state index contributed by atoms with van der Waals surface area (Å²) in [5.41, 5.74) is 1.12. The third-order valence-electron chi connectivity index (χ3n) is 6.68. The quantitative estimate of drug-likeness (QED) is 0.298. The van der Waals surface area contributed by atoms with Crippen LogP contribution in [0, 0.1) is 10.1 Å². The van der Waals surface area contributed by atoms with E-state index in [2.05, 4.69) is 25.5 Å². The second-order valence-corrected chi connectivity index (χ2v) is 8.94. The van der Waals surface area contributed by atoms with Crippen LogP contribution >= 0.6 is 0 Å². The minimum absolute atomic E-state index is 0.0683. The third-order valence-corrected chi connectivity index (χ3v) is 6.68. The number of carbonyl (C=O) groups is 2.